The van der Waals surface area contributed by atoms with Crippen LogP contribution in [0.2, 0.25) is 0 Å². The first-order valence-electron chi connectivity index (χ1n) is 3.57. The van der Waals surface area contributed by atoms with E-state index in [1.807, 2.05) is 12.1 Å². The van der Waals surface area contributed by atoms with Crippen molar-refractivity contribution in [1.29, 1.82) is 5.41 Å². The summed E-state index contributed by atoms with van der Waals surface area (Å²) in [5.74, 6) is 0. The zero-order valence-electron chi connectivity index (χ0n) is 6.74. The highest BCUT2D eigenvalue weighted by atomic mass is 127. The van der Waals surface area contributed by atoms with Crippen LogP contribution in [0.15, 0.2) is 23.5 Å². The number of halogens is 1. The van der Waals surface area contributed by atoms with E-state index in [9.17, 15) is 0 Å². The average molecular weight is 289 g/mol. The van der Waals surface area contributed by atoms with E-state index < -0.39 is 0 Å². The van der Waals surface area contributed by atoms with Crippen LogP contribution in [0.25, 0.3) is 0 Å². The number of nitrogens with zero attached hydrogens (tertiary/aromatic N) is 2. The molecule has 0 aliphatic heterocycles. The predicted octanol–water partition coefficient (Wildman–Crippen LogP) is 1.71. The summed E-state index contributed by atoms with van der Waals surface area (Å²) in [7, 11) is 0. The van der Waals surface area contributed by atoms with Crippen molar-refractivity contribution in [3.63, 3.8) is 0 Å². The molecule has 2 N–H and O–H groups in total. The number of hydrogen-bond acceptors (Lipinski definition) is 4. The fourth-order valence-electron chi connectivity index (χ4n) is 0.846. The number of aromatic nitrogens is 1. The molecule has 0 atom stereocenters. The third kappa shape index (κ3) is 3.49. The number of rotatable bonds is 3. The minimum atomic E-state index is 0.255. The average Bonchev–Trinajstić information content (AvgIpc) is 2.09. The minimum absolute atomic E-state index is 0.255. The Morgan fingerprint density at radius 1 is 1.69 bits per heavy atom. The van der Waals surface area contributed by atoms with Gasteiger partial charge in [-0.2, -0.15) is 0 Å². The molecule has 0 radical (unpaired) electrons. The summed E-state index contributed by atoms with van der Waals surface area (Å²) >= 11 is 2.12. The Kier molecular flexibility index (Phi) is 3.81. The van der Waals surface area contributed by atoms with Crippen molar-refractivity contribution in [2.45, 2.75) is 6.42 Å². The first-order chi connectivity index (χ1) is 6.22. The molecule has 0 fully saturated rings. The molecule has 0 aliphatic carbocycles. The van der Waals surface area contributed by atoms with Crippen LogP contribution in [0.3, 0.4) is 0 Å². The molecule has 0 saturated carbocycles. The normalized spacial score (nSPS) is 10.5. The Bertz CT molecular complexity index is 321. The van der Waals surface area contributed by atoms with Gasteiger partial charge in [-0.05, 0) is 34.2 Å². The van der Waals surface area contributed by atoms with E-state index in [0.717, 1.165) is 15.5 Å². The standard InChI is InChI=1S/C8H8IN3O/c9-8-2-1-6(4-11-8)3-7(10)5-12-13/h1-2,4-5,10,13H,3H2. The van der Waals surface area contributed by atoms with Gasteiger partial charge in [0, 0.05) is 12.6 Å². The van der Waals surface area contributed by atoms with Crippen LogP contribution in [0, 0.1) is 9.11 Å². The van der Waals surface area contributed by atoms with Crippen molar-refractivity contribution in [2.24, 2.45) is 5.16 Å². The molecular weight excluding hydrogens is 281 g/mol. The molecular formula is C8H8IN3O. The molecule has 0 aliphatic rings. The van der Waals surface area contributed by atoms with E-state index in [1.165, 1.54) is 0 Å². The molecule has 0 amide bonds. The van der Waals surface area contributed by atoms with E-state index >= 15 is 0 Å². The van der Waals surface area contributed by atoms with E-state index in [4.69, 9.17) is 10.6 Å². The molecule has 4 nitrogen and oxygen atoms in total. The highest BCUT2D eigenvalue weighted by Gasteiger charge is 1.97. The molecule has 0 spiro atoms. The lowest BCUT2D eigenvalue weighted by atomic mass is 10.1. The van der Waals surface area contributed by atoms with Crippen molar-refractivity contribution in [3.8, 4) is 0 Å². The van der Waals surface area contributed by atoms with E-state index in [1.54, 1.807) is 6.20 Å². The summed E-state index contributed by atoms with van der Waals surface area (Å²) in [6, 6.07) is 3.77. The maximum atomic E-state index is 8.17. The zero-order valence-corrected chi connectivity index (χ0v) is 8.89. The number of nitrogens with one attached hydrogen (secondary N) is 1. The van der Waals surface area contributed by atoms with Gasteiger partial charge < -0.3 is 10.6 Å². The van der Waals surface area contributed by atoms with Gasteiger partial charge in [-0.1, -0.05) is 11.2 Å². The summed E-state index contributed by atoms with van der Waals surface area (Å²) in [6.07, 6.45) is 3.26. The van der Waals surface area contributed by atoms with Gasteiger partial charge in [0.25, 0.3) is 0 Å². The lowest BCUT2D eigenvalue weighted by molar-refractivity contribution is 0.322. The second-order valence-electron chi connectivity index (χ2n) is 2.44. The van der Waals surface area contributed by atoms with Crippen molar-refractivity contribution in [1.82, 2.24) is 4.98 Å². The van der Waals surface area contributed by atoms with Crippen LogP contribution < -0.4 is 0 Å². The summed E-state index contributed by atoms with van der Waals surface area (Å²) in [6.45, 7) is 0. The van der Waals surface area contributed by atoms with Gasteiger partial charge in [-0.15, -0.1) is 0 Å². The van der Waals surface area contributed by atoms with Gasteiger partial charge in [0.05, 0.1) is 11.9 Å². The Hall–Kier alpha value is -0.980. The van der Waals surface area contributed by atoms with Crippen LogP contribution >= 0.6 is 22.6 Å². The molecule has 0 unspecified atom stereocenters. The number of pyridine rings is 1. The second-order valence-corrected chi connectivity index (χ2v) is 3.54. The van der Waals surface area contributed by atoms with Gasteiger partial charge in [-0.25, -0.2) is 0 Å². The third-order valence-electron chi connectivity index (χ3n) is 1.40. The van der Waals surface area contributed by atoms with Crippen LogP contribution in [-0.2, 0) is 6.42 Å². The Morgan fingerprint density at radius 3 is 3.00 bits per heavy atom. The number of oxime groups is 1. The topological polar surface area (TPSA) is 69.3 Å². The largest absolute Gasteiger partial charge is 0.411 e. The summed E-state index contributed by atoms with van der Waals surface area (Å²) < 4.78 is 0.920. The maximum absolute atomic E-state index is 8.17. The van der Waals surface area contributed by atoms with Crippen molar-refractivity contribution < 1.29 is 5.21 Å². The molecule has 0 bridgehead atoms. The molecule has 1 rings (SSSR count). The van der Waals surface area contributed by atoms with Gasteiger partial charge in [0.2, 0.25) is 0 Å². The third-order valence-corrected chi connectivity index (χ3v) is 2.03. The van der Waals surface area contributed by atoms with Crippen molar-refractivity contribution in [3.05, 3.63) is 27.6 Å². The van der Waals surface area contributed by atoms with Crippen molar-refractivity contribution >= 4 is 34.5 Å². The van der Waals surface area contributed by atoms with Crippen LogP contribution in [0.4, 0.5) is 0 Å². The highest BCUT2D eigenvalue weighted by molar-refractivity contribution is 14.1. The Balaban J connectivity index is 2.64. The molecule has 5 heteroatoms. The Morgan fingerprint density at radius 2 is 2.46 bits per heavy atom. The first kappa shape index (κ1) is 10.1. The van der Waals surface area contributed by atoms with Gasteiger partial charge >= 0.3 is 0 Å². The zero-order chi connectivity index (χ0) is 9.68. The molecule has 1 heterocycles. The maximum Gasteiger partial charge on any atom is 0.101 e. The van der Waals surface area contributed by atoms with Gasteiger partial charge in [0.15, 0.2) is 0 Å². The molecule has 13 heavy (non-hydrogen) atoms. The van der Waals surface area contributed by atoms with E-state index in [0.29, 0.717) is 6.42 Å². The first-order valence-corrected chi connectivity index (χ1v) is 4.65. The fourth-order valence-corrected chi connectivity index (χ4v) is 1.17. The number of hydrogen-bond donors (Lipinski definition) is 2. The molecule has 0 aromatic carbocycles. The minimum Gasteiger partial charge on any atom is -0.411 e. The molecule has 68 valence electrons. The SMILES string of the molecule is N=C(C=NO)Cc1ccc(I)nc1. The van der Waals surface area contributed by atoms with E-state index in [-0.39, 0.29) is 5.71 Å². The summed E-state index contributed by atoms with van der Waals surface area (Å²) in [4.78, 5) is 4.08. The van der Waals surface area contributed by atoms with Crippen LogP contribution in [0.5, 0.6) is 0 Å². The molecule has 1 aromatic heterocycles. The van der Waals surface area contributed by atoms with Crippen LogP contribution in [-0.4, -0.2) is 22.1 Å². The monoisotopic (exact) mass is 289 g/mol. The molecule has 0 saturated heterocycles. The lowest BCUT2D eigenvalue weighted by Gasteiger charge is -1.97. The van der Waals surface area contributed by atoms with Gasteiger partial charge in [0.1, 0.15) is 3.70 Å². The summed E-state index contributed by atoms with van der Waals surface area (Å²) in [5, 5.41) is 18.3. The van der Waals surface area contributed by atoms with Crippen LogP contribution in [0.1, 0.15) is 5.56 Å². The summed E-state index contributed by atoms with van der Waals surface area (Å²) in [5.41, 5.74) is 1.19. The van der Waals surface area contributed by atoms with Gasteiger partial charge in [-0.3, -0.25) is 4.98 Å². The fraction of sp³-hybridized carbons (Fsp3) is 0.125. The van der Waals surface area contributed by atoms with E-state index in [2.05, 4.69) is 32.7 Å². The lowest BCUT2D eigenvalue weighted by Crippen LogP contribution is -2.03. The molecule has 1 aromatic rings. The smallest absolute Gasteiger partial charge is 0.101 e. The second kappa shape index (κ2) is 4.90. The quantitative estimate of drug-likeness (QED) is 0.292. The Labute approximate surface area is 89.3 Å². The predicted molar refractivity (Wildman–Crippen MR) is 58.7 cm³/mol. The van der Waals surface area contributed by atoms with Crippen molar-refractivity contribution in [2.75, 3.05) is 0 Å². The highest BCUT2D eigenvalue weighted by Crippen LogP contribution is 2.03.